The average molecular weight is 389 g/mol. The monoisotopic (exact) mass is 388 g/mol. The molecule has 1 aliphatic heterocycles. The Labute approximate surface area is 169 Å². The van der Waals surface area contributed by atoms with Gasteiger partial charge in [-0.15, -0.1) is 0 Å². The van der Waals surface area contributed by atoms with Gasteiger partial charge in [-0.2, -0.15) is 0 Å². The maximum Gasteiger partial charge on any atom is 0.222 e. The summed E-state index contributed by atoms with van der Waals surface area (Å²) in [5.41, 5.74) is 1.41. The molecular weight excluding hydrogens is 352 g/mol. The zero-order valence-electron chi connectivity index (χ0n) is 17.8. The van der Waals surface area contributed by atoms with E-state index in [0.717, 1.165) is 44.5 Å². The summed E-state index contributed by atoms with van der Waals surface area (Å²) in [7, 11) is 0. The number of rotatable bonds is 9. The van der Waals surface area contributed by atoms with Gasteiger partial charge in [-0.05, 0) is 48.8 Å². The van der Waals surface area contributed by atoms with Crippen LogP contribution in [0.1, 0.15) is 71.3 Å². The van der Waals surface area contributed by atoms with E-state index in [1.165, 1.54) is 5.56 Å². The summed E-state index contributed by atoms with van der Waals surface area (Å²) < 4.78 is 5.73. The first-order valence-corrected chi connectivity index (χ1v) is 10.6. The quantitative estimate of drug-likeness (QED) is 0.649. The molecule has 1 fully saturated rings. The van der Waals surface area contributed by atoms with Gasteiger partial charge in [-0.25, -0.2) is 0 Å². The van der Waals surface area contributed by atoms with E-state index in [9.17, 15) is 9.59 Å². The van der Waals surface area contributed by atoms with Crippen molar-refractivity contribution in [1.29, 1.82) is 0 Å². The van der Waals surface area contributed by atoms with E-state index in [-0.39, 0.29) is 17.2 Å². The minimum atomic E-state index is 0.0499. The van der Waals surface area contributed by atoms with E-state index in [2.05, 4.69) is 38.2 Å². The van der Waals surface area contributed by atoms with Gasteiger partial charge < -0.3 is 15.0 Å². The van der Waals surface area contributed by atoms with Crippen LogP contribution in [-0.2, 0) is 15.0 Å². The van der Waals surface area contributed by atoms with Crippen LogP contribution in [0, 0.1) is 0 Å². The number of benzene rings is 1. The summed E-state index contributed by atoms with van der Waals surface area (Å²) in [6, 6.07) is 8.17. The number of hydrogen-bond donors (Lipinski definition) is 1. The molecule has 1 heterocycles. The van der Waals surface area contributed by atoms with E-state index in [0.29, 0.717) is 32.4 Å². The topological polar surface area (TPSA) is 58.6 Å². The molecule has 2 rings (SSSR count). The highest BCUT2D eigenvalue weighted by Gasteiger charge is 2.16. The molecule has 28 heavy (non-hydrogen) atoms. The molecule has 0 unspecified atom stereocenters. The Morgan fingerprint density at radius 2 is 1.86 bits per heavy atom. The van der Waals surface area contributed by atoms with Crippen molar-refractivity contribution < 1.29 is 14.3 Å². The Morgan fingerprint density at radius 3 is 2.57 bits per heavy atom. The number of amides is 2. The van der Waals surface area contributed by atoms with Crippen molar-refractivity contribution in [3.63, 3.8) is 0 Å². The van der Waals surface area contributed by atoms with Crippen LogP contribution in [-0.4, -0.2) is 43.0 Å². The van der Waals surface area contributed by atoms with Crippen LogP contribution >= 0.6 is 0 Å². The molecule has 0 bridgehead atoms. The molecule has 2 amide bonds. The summed E-state index contributed by atoms with van der Waals surface area (Å²) in [5.74, 6) is 1.15. The Balaban J connectivity index is 1.54. The van der Waals surface area contributed by atoms with Gasteiger partial charge in [0, 0.05) is 32.5 Å². The first-order chi connectivity index (χ1) is 13.4. The number of carbonyl (C=O) groups is 2. The second-order valence-corrected chi connectivity index (χ2v) is 8.62. The molecule has 1 aliphatic rings. The van der Waals surface area contributed by atoms with Crippen molar-refractivity contribution in [1.82, 2.24) is 10.2 Å². The van der Waals surface area contributed by atoms with Crippen LogP contribution in [0.4, 0.5) is 0 Å². The number of carbonyl (C=O) groups excluding carboxylic acids is 2. The molecule has 5 nitrogen and oxygen atoms in total. The summed E-state index contributed by atoms with van der Waals surface area (Å²) in [6.07, 6.45) is 5.88. The Morgan fingerprint density at radius 1 is 1.11 bits per heavy atom. The van der Waals surface area contributed by atoms with Gasteiger partial charge in [0.2, 0.25) is 11.8 Å². The average Bonchev–Trinajstić information content (AvgIpc) is 2.86. The van der Waals surface area contributed by atoms with Gasteiger partial charge in [0.15, 0.2) is 0 Å². The SMILES string of the molecule is CC(C)(C)c1ccc(OCCCC(=O)NCCCN2CCCCCC2=O)cc1. The number of nitrogens with one attached hydrogen (secondary N) is 1. The molecule has 0 atom stereocenters. The molecular formula is C23H36N2O3. The van der Waals surface area contributed by atoms with Crippen molar-refractivity contribution in [3.05, 3.63) is 29.8 Å². The van der Waals surface area contributed by atoms with E-state index >= 15 is 0 Å². The molecule has 1 aromatic carbocycles. The lowest BCUT2D eigenvalue weighted by molar-refractivity contribution is -0.130. The van der Waals surface area contributed by atoms with Crippen molar-refractivity contribution in [2.75, 3.05) is 26.2 Å². The molecule has 0 aliphatic carbocycles. The van der Waals surface area contributed by atoms with Gasteiger partial charge in [0.25, 0.3) is 0 Å². The smallest absolute Gasteiger partial charge is 0.222 e. The molecule has 156 valence electrons. The second kappa shape index (κ2) is 11.1. The largest absolute Gasteiger partial charge is 0.494 e. The third kappa shape index (κ3) is 7.91. The van der Waals surface area contributed by atoms with Gasteiger partial charge in [0.1, 0.15) is 5.75 Å². The summed E-state index contributed by atoms with van der Waals surface area (Å²) in [4.78, 5) is 25.8. The van der Waals surface area contributed by atoms with Crippen LogP contribution < -0.4 is 10.1 Å². The van der Waals surface area contributed by atoms with Crippen LogP contribution in [0.5, 0.6) is 5.75 Å². The summed E-state index contributed by atoms with van der Waals surface area (Å²) in [5, 5.41) is 2.94. The van der Waals surface area contributed by atoms with E-state index in [1.807, 2.05) is 17.0 Å². The Hall–Kier alpha value is -2.04. The molecule has 0 radical (unpaired) electrons. The predicted molar refractivity (Wildman–Crippen MR) is 113 cm³/mol. The van der Waals surface area contributed by atoms with Crippen molar-refractivity contribution in [2.45, 2.75) is 71.1 Å². The van der Waals surface area contributed by atoms with Crippen LogP contribution in [0.25, 0.3) is 0 Å². The fourth-order valence-electron chi connectivity index (χ4n) is 3.34. The highest BCUT2D eigenvalue weighted by atomic mass is 16.5. The van der Waals surface area contributed by atoms with Crippen molar-refractivity contribution >= 4 is 11.8 Å². The van der Waals surface area contributed by atoms with Crippen molar-refractivity contribution in [2.24, 2.45) is 0 Å². The highest BCUT2D eigenvalue weighted by molar-refractivity contribution is 5.76. The standard InChI is InChI=1S/C23H36N2O3/c1-23(2,3)19-11-13-20(14-12-19)28-18-7-9-21(26)24-15-8-17-25-16-6-4-5-10-22(25)27/h11-14H,4-10,15-18H2,1-3H3,(H,24,26). The van der Waals surface area contributed by atoms with Gasteiger partial charge in [-0.1, -0.05) is 39.3 Å². The lowest BCUT2D eigenvalue weighted by Crippen LogP contribution is -2.34. The van der Waals surface area contributed by atoms with Gasteiger partial charge >= 0.3 is 0 Å². The molecule has 1 aromatic rings. The lowest BCUT2D eigenvalue weighted by atomic mass is 9.87. The zero-order chi connectivity index (χ0) is 20.4. The van der Waals surface area contributed by atoms with Gasteiger partial charge in [0.05, 0.1) is 6.61 Å². The van der Waals surface area contributed by atoms with Crippen LogP contribution in [0.2, 0.25) is 0 Å². The molecule has 1 saturated heterocycles. The number of nitrogens with zero attached hydrogens (tertiary/aromatic N) is 1. The summed E-state index contributed by atoms with van der Waals surface area (Å²) >= 11 is 0. The molecule has 1 N–H and O–H groups in total. The third-order valence-electron chi connectivity index (χ3n) is 5.14. The molecule has 0 aromatic heterocycles. The Bertz CT molecular complexity index is 620. The fourth-order valence-corrected chi connectivity index (χ4v) is 3.34. The van der Waals surface area contributed by atoms with E-state index in [4.69, 9.17) is 4.74 Å². The van der Waals surface area contributed by atoms with Crippen LogP contribution in [0.15, 0.2) is 24.3 Å². The second-order valence-electron chi connectivity index (χ2n) is 8.62. The maximum atomic E-state index is 11.9. The molecule has 0 saturated carbocycles. The van der Waals surface area contributed by atoms with Gasteiger partial charge in [-0.3, -0.25) is 9.59 Å². The van der Waals surface area contributed by atoms with E-state index < -0.39 is 0 Å². The van der Waals surface area contributed by atoms with Crippen LogP contribution in [0.3, 0.4) is 0 Å². The third-order valence-corrected chi connectivity index (χ3v) is 5.14. The maximum absolute atomic E-state index is 11.9. The summed E-state index contributed by atoms with van der Waals surface area (Å²) in [6.45, 7) is 9.32. The number of ether oxygens (including phenoxy) is 1. The highest BCUT2D eigenvalue weighted by Crippen LogP contribution is 2.24. The zero-order valence-corrected chi connectivity index (χ0v) is 17.8. The number of likely N-dealkylation sites (tertiary alicyclic amines) is 1. The predicted octanol–water partition coefficient (Wildman–Crippen LogP) is 4.05. The van der Waals surface area contributed by atoms with Crippen molar-refractivity contribution in [3.8, 4) is 5.75 Å². The minimum absolute atomic E-state index is 0.0499. The number of hydrogen-bond acceptors (Lipinski definition) is 3. The normalized spacial score (nSPS) is 15.2. The molecule has 0 spiro atoms. The molecule has 5 heteroatoms. The Kier molecular flexibility index (Phi) is 8.81. The lowest BCUT2D eigenvalue weighted by Gasteiger charge is -2.20. The fraction of sp³-hybridized carbons (Fsp3) is 0.652. The first kappa shape index (κ1) is 22.3. The minimum Gasteiger partial charge on any atom is -0.494 e. The first-order valence-electron chi connectivity index (χ1n) is 10.6. The van der Waals surface area contributed by atoms with E-state index in [1.54, 1.807) is 0 Å².